The van der Waals surface area contributed by atoms with Gasteiger partial charge in [0.25, 0.3) is 0 Å². The second-order valence-corrected chi connectivity index (χ2v) is 5.47. The van der Waals surface area contributed by atoms with E-state index >= 15 is 0 Å². The Morgan fingerprint density at radius 2 is 2.35 bits per heavy atom. The molecule has 0 amide bonds. The molecule has 5 heteroatoms. The third-order valence-electron chi connectivity index (χ3n) is 3.94. The largest absolute Gasteiger partial charge is 0.364 e. The molecule has 0 bridgehead atoms. The number of nitrogens with zero attached hydrogens (tertiary/aromatic N) is 2. The highest BCUT2D eigenvalue weighted by Crippen LogP contribution is 2.26. The van der Waals surface area contributed by atoms with Crippen LogP contribution in [0.3, 0.4) is 0 Å². The molecule has 2 N–H and O–H groups in total. The van der Waals surface area contributed by atoms with Crippen LogP contribution in [0.4, 0.5) is 0 Å². The summed E-state index contributed by atoms with van der Waals surface area (Å²) in [6.45, 7) is 5.80. The van der Waals surface area contributed by atoms with Gasteiger partial charge in [-0.05, 0) is 25.7 Å². The summed E-state index contributed by atoms with van der Waals surface area (Å²) in [6.07, 6.45) is 8.05. The quantitative estimate of drug-likeness (QED) is 0.642. The van der Waals surface area contributed by atoms with Crippen LogP contribution in [0.2, 0.25) is 0 Å². The smallest absolute Gasteiger partial charge is 0.191 e. The standard InChI is InChI=1S/C15H26N4O/c1-3-12-6-5-7-13(10-12)18-15(16-4-2)17-11-14-8-9-20-19-14/h8-9,12-13H,3-7,10-11H2,1-2H3,(H2,16,17,18). The fourth-order valence-corrected chi connectivity index (χ4v) is 2.79. The Morgan fingerprint density at radius 1 is 1.45 bits per heavy atom. The molecule has 0 aromatic carbocycles. The lowest BCUT2D eigenvalue weighted by atomic mass is 9.84. The minimum atomic E-state index is 0.545. The lowest BCUT2D eigenvalue weighted by Gasteiger charge is -2.30. The van der Waals surface area contributed by atoms with Gasteiger partial charge in [-0.2, -0.15) is 0 Å². The Balaban J connectivity index is 1.89. The van der Waals surface area contributed by atoms with E-state index in [1.807, 2.05) is 6.07 Å². The zero-order valence-corrected chi connectivity index (χ0v) is 12.6. The van der Waals surface area contributed by atoms with E-state index in [1.54, 1.807) is 6.26 Å². The molecule has 1 fully saturated rings. The summed E-state index contributed by atoms with van der Waals surface area (Å²) >= 11 is 0. The second kappa shape index (κ2) is 7.92. The van der Waals surface area contributed by atoms with Gasteiger partial charge < -0.3 is 15.2 Å². The first-order valence-electron chi connectivity index (χ1n) is 7.75. The fourth-order valence-electron chi connectivity index (χ4n) is 2.79. The van der Waals surface area contributed by atoms with Gasteiger partial charge in [-0.25, -0.2) is 4.99 Å². The molecule has 0 spiro atoms. The summed E-state index contributed by atoms with van der Waals surface area (Å²) in [6, 6.07) is 2.39. The van der Waals surface area contributed by atoms with Crippen LogP contribution in [0.15, 0.2) is 21.8 Å². The van der Waals surface area contributed by atoms with Crippen molar-refractivity contribution in [1.82, 2.24) is 15.8 Å². The number of hydrogen-bond acceptors (Lipinski definition) is 3. The molecule has 20 heavy (non-hydrogen) atoms. The first kappa shape index (κ1) is 14.9. The summed E-state index contributed by atoms with van der Waals surface area (Å²) in [5, 5.41) is 10.8. The molecule has 1 saturated carbocycles. The zero-order chi connectivity index (χ0) is 14.2. The summed E-state index contributed by atoms with van der Waals surface area (Å²) in [7, 11) is 0. The van der Waals surface area contributed by atoms with E-state index < -0.39 is 0 Å². The van der Waals surface area contributed by atoms with E-state index in [0.29, 0.717) is 12.6 Å². The number of rotatable bonds is 5. The molecule has 1 aromatic rings. The Bertz CT molecular complexity index is 402. The van der Waals surface area contributed by atoms with Crippen LogP contribution >= 0.6 is 0 Å². The van der Waals surface area contributed by atoms with Gasteiger partial charge in [-0.15, -0.1) is 0 Å². The van der Waals surface area contributed by atoms with Crippen LogP contribution in [0.5, 0.6) is 0 Å². The summed E-state index contributed by atoms with van der Waals surface area (Å²) in [4.78, 5) is 4.57. The van der Waals surface area contributed by atoms with Crippen molar-refractivity contribution in [3.05, 3.63) is 18.0 Å². The Hall–Kier alpha value is -1.52. The fraction of sp³-hybridized carbons (Fsp3) is 0.733. The van der Waals surface area contributed by atoms with E-state index in [2.05, 4.69) is 34.6 Å². The number of nitrogens with one attached hydrogen (secondary N) is 2. The van der Waals surface area contributed by atoms with Crippen LogP contribution in [0.25, 0.3) is 0 Å². The first-order chi connectivity index (χ1) is 9.81. The van der Waals surface area contributed by atoms with E-state index in [9.17, 15) is 0 Å². The van der Waals surface area contributed by atoms with Crippen molar-refractivity contribution < 1.29 is 4.52 Å². The molecule has 0 saturated heterocycles. The van der Waals surface area contributed by atoms with Gasteiger partial charge >= 0.3 is 0 Å². The third-order valence-corrected chi connectivity index (χ3v) is 3.94. The first-order valence-corrected chi connectivity index (χ1v) is 7.75. The van der Waals surface area contributed by atoms with Gasteiger partial charge in [0.1, 0.15) is 12.0 Å². The molecule has 2 rings (SSSR count). The molecular formula is C15H26N4O. The van der Waals surface area contributed by atoms with Crippen molar-refractivity contribution in [2.24, 2.45) is 10.9 Å². The van der Waals surface area contributed by atoms with Crippen molar-refractivity contribution >= 4 is 5.96 Å². The highest BCUT2D eigenvalue weighted by molar-refractivity contribution is 5.80. The summed E-state index contributed by atoms with van der Waals surface area (Å²) in [5.41, 5.74) is 0.859. The number of aromatic nitrogens is 1. The highest BCUT2D eigenvalue weighted by atomic mass is 16.5. The third kappa shape index (κ3) is 4.54. The Morgan fingerprint density at radius 3 is 3.05 bits per heavy atom. The molecule has 2 atom stereocenters. The van der Waals surface area contributed by atoms with Gasteiger partial charge in [-0.3, -0.25) is 0 Å². The predicted octanol–water partition coefficient (Wildman–Crippen LogP) is 2.70. The number of aliphatic imine (C=N–C) groups is 1. The number of hydrogen-bond donors (Lipinski definition) is 2. The molecule has 1 aliphatic rings. The number of guanidine groups is 1. The van der Waals surface area contributed by atoms with E-state index in [-0.39, 0.29) is 0 Å². The molecule has 0 aliphatic heterocycles. The van der Waals surface area contributed by atoms with Gasteiger partial charge in [0, 0.05) is 18.7 Å². The normalized spacial score (nSPS) is 23.6. The lowest BCUT2D eigenvalue weighted by Crippen LogP contribution is -2.45. The van der Waals surface area contributed by atoms with Gasteiger partial charge in [0.05, 0.1) is 6.54 Å². The van der Waals surface area contributed by atoms with E-state index in [1.165, 1.54) is 32.1 Å². The predicted molar refractivity (Wildman–Crippen MR) is 80.5 cm³/mol. The Kier molecular flexibility index (Phi) is 5.89. The maximum Gasteiger partial charge on any atom is 0.191 e. The Labute approximate surface area is 121 Å². The summed E-state index contributed by atoms with van der Waals surface area (Å²) in [5.74, 6) is 1.75. The molecule has 2 unspecified atom stereocenters. The van der Waals surface area contributed by atoms with Crippen molar-refractivity contribution in [2.45, 2.75) is 58.5 Å². The van der Waals surface area contributed by atoms with Crippen LogP contribution in [-0.2, 0) is 6.54 Å². The minimum Gasteiger partial charge on any atom is -0.364 e. The van der Waals surface area contributed by atoms with Crippen molar-refractivity contribution in [3.8, 4) is 0 Å². The molecule has 112 valence electrons. The average Bonchev–Trinajstić information content (AvgIpc) is 2.98. The van der Waals surface area contributed by atoms with Crippen LogP contribution < -0.4 is 10.6 Å². The topological polar surface area (TPSA) is 62.5 Å². The van der Waals surface area contributed by atoms with Crippen molar-refractivity contribution in [2.75, 3.05) is 6.54 Å². The maximum atomic E-state index is 4.83. The molecule has 1 heterocycles. The monoisotopic (exact) mass is 278 g/mol. The molecule has 1 aliphatic carbocycles. The summed E-state index contributed by atoms with van der Waals surface area (Å²) < 4.78 is 4.83. The van der Waals surface area contributed by atoms with Crippen molar-refractivity contribution in [3.63, 3.8) is 0 Å². The highest BCUT2D eigenvalue weighted by Gasteiger charge is 2.21. The maximum absolute atomic E-state index is 4.83. The zero-order valence-electron chi connectivity index (χ0n) is 12.6. The molecule has 5 nitrogen and oxygen atoms in total. The van der Waals surface area contributed by atoms with E-state index in [4.69, 9.17) is 4.52 Å². The van der Waals surface area contributed by atoms with E-state index in [0.717, 1.165) is 24.1 Å². The molecule has 1 aromatic heterocycles. The van der Waals surface area contributed by atoms with Crippen LogP contribution in [-0.4, -0.2) is 23.7 Å². The minimum absolute atomic E-state index is 0.545. The lowest BCUT2D eigenvalue weighted by molar-refractivity contribution is 0.298. The second-order valence-electron chi connectivity index (χ2n) is 5.47. The average molecular weight is 278 g/mol. The molecular weight excluding hydrogens is 252 g/mol. The molecule has 0 radical (unpaired) electrons. The van der Waals surface area contributed by atoms with Gasteiger partial charge in [-0.1, -0.05) is 31.3 Å². The van der Waals surface area contributed by atoms with Crippen LogP contribution in [0, 0.1) is 5.92 Å². The van der Waals surface area contributed by atoms with Gasteiger partial charge in [0.2, 0.25) is 0 Å². The van der Waals surface area contributed by atoms with Crippen LogP contribution in [0.1, 0.15) is 51.6 Å². The van der Waals surface area contributed by atoms with Gasteiger partial charge in [0.15, 0.2) is 5.96 Å². The van der Waals surface area contributed by atoms with Crippen molar-refractivity contribution in [1.29, 1.82) is 0 Å². The SMILES string of the molecule is CCNC(=NCc1ccon1)NC1CCCC(CC)C1.